The predicted molar refractivity (Wildman–Crippen MR) is 244 cm³/mol. The summed E-state index contributed by atoms with van der Waals surface area (Å²) in [5.74, 6) is 0.885. The SMILES string of the molecule is CCc1cc(Nc2ncc(Br)c(Nc3ccc4nccnc4c3P(C)(C)=O)n2)c(OC)cc1N1CCC(N2CCN(CCc3ccc(C4CCC(=O)NC4=O)cn3)CC2)CC1. The minimum absolute atomic E-state index is 0.198. The molecule has 0 saturated carbocycles. The van der Waals surface area contributed by atoms with Crippen molar-refractivity contribution in [1.82, 2.24) is 40.0 Å². The molecule has 6 heterocycles. The van der Waals surface area contributed by atoms with Crippen LogP contribution in [0.15, 0.2) is 65.7 Å². The zero-order valence-electron chi connectivity index (χ0n) is 35.2. The number of aryl methyl sites for hydroxylation is 1. The minimum atomic E-state index is -2.77. The van der Waals surface area contributed by atoms with E-state index < -0.39 is 7.14 Å². The fourth-order valence-electron chi connectivity index (χ4n) is 8.79. The number of pyridine rings is 1. The van der Waals surface area contributed by atoms with E-state index in [2.05, 4.69) is 85.6 Å². The van der Waals surface area contributed by atoms with Gasteiger partial charge in [-0.2, -0.15) is 4.98 Å². The molecule has 5 aromatic rings. The van der Waals surface area contributed by atoms with Gasteiger partial charge >= 0.3 is 0 Å². The average Bonchev–Trinajstić information content (AvgIpc) is 3.26. The number of benzene rings is 2. The smallest absolute Gasteiger partial charge is 0.234 e. The molecule has 1 unspecified atom stereocenters. The second-order valence-corrected chi connectivity index (χ2v) is 20.3. The molecule has 2 aromatic carbocycles. The summed E-state index contributed by atoms with van der Waals surface area (Å²) in [7, 11) is -1.08. The number of piperidine rings is 2. The van der Waals surface area contributed by atoms with Gasteiger partial charge in [0, 0.05) is 107 Å². The molecule has 0 bridgehead atoms. The lowest BCUT2D eigenvalue weighted by molar-refractivity contribution is -0.134. The third-order valence-corrected chi connectivity index (χ3v) is 14.2. The van der Waals surface area contributed by atoms with Crippen LogP contribution in [0.3, 0.4) is 0 Å². The van der Waals surface area contributed by atoms with E-state index in [0.29, 0.717) is 62.9 Å². The van der Waals surface area contributed by atoms with Gasteiger partial charge in [-0.15, -0.1) is 0 Å². The third-order valence-electron chi connectivity index (χ3n) is 12.1. The Labute approximate surface area is 365 Å². The quantitative estimate of drug-likeness (QED) is 0.0897. The number of halogens is 1. The topological polar surface area (TPSA) is 171 Å². The van der Waals surface area contributed by atoms with E-state index in [1.54, 1.807) is 45.2 Å². The summed E-state index contributed by atoms with van der Waals surface area (Å²) in [6.45, 7) is 12.8. The van der Waals surface area contributed by atoms with Crippen LogP contribution >= 0.6 is 23.1 Å². The number of nitrogens with one attached hydrogen (secondary N) is 3. The number of aromatic nitrogens is 5. The Morgan fingerprint density at radius 3 is 2.39 bits per heavy atom. The number of hydrogen-bond donors (Lipinski definition) is 3. The maximum atomic E-state index is 13.5. The van der Waals surface area contributed by atoms with Crippen LogP contribution in [0.25, 0.3) is 11.0 Å². The van der Waals surface area contributed by atoms with E-state index in [1.807, 2.05) is 24.3 Å². The Morgan fingerprint density at radius 1 is 0.902 bits per heavy atom. The molecule has 8 rings (SSSR count). The Kier molecular flexibility index (Phi) is 13.0. The van der Waals surface area contributed by atoms with Gasteiger partial charge in [0.05, 0.1) is 39.7 Å². The molecule has 0 aliphatic carbocycles. The number of rotatable bonds is 13. The van der Waals surface area contributed by atoms with Crippen LogP contribution in [-0.4, -0.2) is 119 Å². The maximum absolute atomic E-state index is 13.5. The molecule has 0 radical (unpaired) electrons. The zero-order chi connectivity index (χ0) is 42.7. The summed E-state index contributed by atoms with van der Waals surface area (Å²) < 4.78 is 20.1. The Hall–Kier alpha value is -5.02. The van der Waals surface area contributed by atoms with E-state index in [1.165, 1.54) is 11.3 Å². The van der Waals surface area contributed by atoms with Gasteiger partial charge in [-0.05, 0) is 90.3 Å². The monoisotopic (exact) mass is 909 g/mol. The van der Waals surface area contributed by atoms with Gasteiger partial charge in [-0.3, -0.25) is 34.8 Å². The van der Waals surface area contributed by atoms with Crippen molar-refractivity contribution in [2.75, 3.05) is 81.8 Å². The minimum Gasteiger partial charge on any atom is -0.494 e. The highest BCUT2D eigenvalue weighted by Crippen LogP contribution is 2.42. The third kappa shape index (κ3) is 9.72. The summed E-state index contributed by atoms with van der Waals surface area (Å²) in [5, 5.41) is 9.85. The number of hydrogen-bond acceptors (Lipinski definition) is 14. The molecule has 320 valence electrons. The van der Waals surface area contributed by atoms with E-state index in [-0.39, 0.29) is 17.7 Å². The fourth-order valence-corrected chi connectivity index (χ4v) is 10.5. The molecule has 61 heavy (non-hydrogen) atoms. The van der Waals surface area contributed by atoms with Gasteiger partial charge in [0.25, 0.3) is 0 Å². The van der Waals surface area contributed by atoms with Crippen molar-refractivity contribution < 1.29 is 18.9 Å². The number of fused-ring (bicyclic) bond motifs is 1. The number of piperazine rings is 1. The van der Waals surface area contributed by atoms with Gasteiger partial charge in [-0.1, -0.05) is 13.0 Å². The van der Waals surface area contributed by atoms with Crippen molar-refractivity contribution in [1.29, 1.82) is 0 Å². The van der Waals surface area contributed by atoms with E-state index in [4.69, 9.17) is 9.72 Å². The average molecular weight is 911 g/mol. The summed E-state index contributed by atoms with van der Waals surface area (Å²) in [4.78, 5) is 54.4. The number of nitrogens with zero attached hydrogens (tertiary/aromatic N) is 8. The lowest BCUT2D eigenvalue weighted by Crippen LogP contribution is -2.53. The number of ether oxygens (including phenoxy) is 1. The van der Waals surface area contributed by atoms with E-state index in [0.717, 1.165) is 88.4 Å². The van der Waals surface area contributed by atoms with Gasteiger partial charge in [0.15, 0.2) is 0 Å². The first-order valence-electron chi connectivity index (χ1n) is 21.0. The van der Waals surface area contributed by atoms with Crippen LogP contribution in [0.5, 0.6) is 5.75 Å². The fraction of sp³-hybridized carbons (Fsp3) is 0.432. The Balaban J connectivity index is 0.862. The lowest BCUT2D eigenvalue weighted by atomic mass is 9.91. The van der Waals surface area contributed by atoms with Crippen LogP contribution in [0.2, 0.25) is 0 Å². The van der Waals surface area contributed by atoms with Crippen molar-refractivity contribution in [3.63, 3.8) is 0 Å². The number of amides is 2. The summed E-state index contributed by atoms with van der Waals surface area (Å²) >= 11 is 3.60. The van der Waals surface area contributed by atoms with E-state index >= 15 is 0 Å². The molecule has 3 aliphatic heterocycles. The molecule has 2 amide bonds. The largest absolute Gasteiger partial charge is 0.494 e. The molecule has 3 N–H and O–H groups in total. The zero-order valence-corrected chi connectivity index (χ0v) is 37.6. The van der Waals surface area contributed by atoms with Crippen molar-refractivity contribution in [3.05, 3.63) is 82.5 Å². The maximum Gasteiger partial charge on any atom is 0.234 e. The molecule has 3 saturated heterocycles. The summed E-state index contributed by atoms with van der Waals surface area (Å²) in [5.41, 5.74) is 7.02. The lowest BCUT2D eigenvalue weighted by Gasteiger charge is -2.43. The number of anilines is 5. The van der Waals surface area contributed by atoms with Crippen molar-refractivity contribution in [2.24, 2.45) is 0 Å². The van der Waals surface area contributed by atoms with Gasteiger partial charge in [0.2, 0.25) is 17.8 Å². The second-order valence-electron chi connectivity index (χ2n) is 16.3. The van der Waals surface area contributed by atoms with Crippen LogP contribution in [0.4, 0.5) is 28.8 Å². The number of carbonyl (C=O) groups excluding carboxylic acids is 2. The summed E-state index contributed by atoms with van der Waals surface area (Å²) in [6, 6.07) is 12.6. The molecule has 0 spiro atoms. The van der Waals surface area contributed by atoms with Crippen LogP contribution in [0.1, 0.15) is 55.3 Å². The highest BCUT2D eigenvalue weighted by atomic mass is 79.9. The Morgan fingerprint density at radius 2 is 1.69 bits per heavy atom. The molecule has 3 aromatic heterocycles. The van der Waals surface area contributed by atoms with E-state index in [9.17, 15) is 14.2 Å². The standard InChI is InChI=1S/C44H53BrN11O4P/c1-5-28-24-36(51-44-49-27-33(45)42(53-44)50-35-10-9-34-40(47-16-15-46-34)41(35)61(3,4)59)38(60-2)25-37(28)56-18-13-31(14-19-56)55-22-20-54(21-23-55)17-12-30-7-6-29(26-48-30)32-8-11-39(57)52-43(32)58/h6-7,9-10,15-16,24-27,31-32H,5,8,11-14,17-23H2,1-4H3,(H,52,57,58)(H2,49,50,51,53). The second kappa shape index (κ2) is 18.5. The van der Waals surface area contributed by atoms with Crippen LogP contribution in [0, 0.1) is 0 Å². The first kappa shape index (κ1) is 42.7. The van der Waals surface area contributed by atoms with Crippen molar-refractivity contribution in [2.45, 2.75) is 57.4 Å². The molecular weight excluding hydrogens is 857 g/mol. The van der Waals surface area contributed by atoms with Crippen molar-refractivity contribution >= 4 is 80.1 Å². The van der Waals surface area contributed by atoms with Crippen molar-refractivity contribution in [3.8, 4) is 5.75 Å². The molecule has 1 atom stereocenters. The normalized spacial score (nSPS) is 18.3. The number of imide groups is 1. The predicted octanol–water partition coefficient (Wildman–Crippen LogP) is 6.23. The van der Waals surface area contributed by atoms with Crippen LogP contribution in [-0.2, 0) is 27.0 Å². The van der Waals surface area contributed by atoms with Gasteiger partial charge < -0.3 is 29.7 Å². The molecule has 17 heteroatoms. The van der Waals surface area contributed by atoms with Gasteiger partial charge in [-0.25, -0.2) is 4.98 Å². The summed E-state index contributed by atoms with van der Waals surface area (Å²) in [6.07, 6.45) is 11.6. The molecular formula is C44H53BrN11O4P. The number of methoxy groups -OCH3 is 1. The van der Waals surface area contributed by atoms with Crippen LogP contribution < -0.4 is 30.9 Å². The number of carbonyl (C=O) groups is 2. The highest BCUT2D eigenvalue weighted by Gasteiger charge is 2.30. The van der Waals surface area contributed by atoms with Gasteiger partial charge in [0.1, 0.15) is 24.2 Å². The first-order chi connectivity index (χ1) is 29.5. The molecule has 3 aliphatic rings. The highest BCUT2D eigenvalue weighted by molar-refractivity contribution is 9.10. The Bertz CT molecular complexity index is 2450. The molecule has 3 fully saturated rings. The first-order valence-corrected chi connectivity index (χ1v) is 24.4. The molecule has 15 nitrogen and oxygen atoms in total.